The maximum Gasteiger partial charge on any atom is 0.241 e. The van der Waals surface area contributed by atoms with Crippen molar-refractivity contribution in [3.05, 3.63) is 24.3 Å². The third-order valence-corrected chi connectivity index (χ3v) is 2.67. The minimum absolute atomic E-state index is 0.120. The molecule has 1 rings (SSSR count). The van der Waals surface area contributed by atoms with Crippen LogP contribution in [-0.4, -0.2) is 17.1 Å². The first-order valence-electron chi connectivity index (χ1n) is 5.40. The molecule has 0 aliphatic heterocycles. The summed E-state index contributed by atoms with van der Waals surface area (Å²) in [6.45, 7) is 3.93. The van der Waals surface area contributed by atoms with Crippen LogP contribution in [0.3, 0.4) is 0 Å². The molecule has 88 valence electrons. The lowest BCUT2D eigenvalue weighted by atomic mass is 9.99. The number of carbonyl (C=O) groups excluding carboxylic acids is 1. The van der Waals surface area contributed by atoms with Gasteiger partial charge in [0.25, 0.3) is 0 Å². The Morgan fingerprint density at radius 1 is 1.56 bits per heavy atom. The lowest BCUT2D eigenvalue weighted by molar-refractivity contribution is -0.118. The van der Waals surface area contributed by atoms with Crippen LogP contribution in [0.4, 0.5) is 5.69 Å². The first-order chi connectivity index (χ1) is 7.54. The van der Waals surface area contributed by atoms with E-state index in [0.717, 1.165) is 6.42 Å². The third-order valence-electron chi connectivity index (χ3n) is 2.67. The number of benzene rings is 1. The molecule has 0 aromatic heterocycles. The Morgan fingerprint density at radius 3 is 2.81 bits per heavy atom. The summed E-state index contributed by atoms with van der Waals surface area (Å²) in [6, 6.07) is 5.89. The van der Waals surface area contributed by atoms with E-state index in [1.807, 2.05) is 13.8 Å². The fourth-order valence-corrected chi connectivity index (χ4v) is 1.32. The van der Waals surface area contributed by atoms with E-state index >= 15 is 0 Å². The number of nitrogens with one attached hydrogen (secondary N) is 1. The summed E-state index contributed by atoms with van der Waals surface area (Å²) in [4.78, 5) is 11.7. The Kier molecular flexibility index (Phi) is 4.31. The summed E-state index contributed by atoms with van der Waals surface area (Å²) >= 11 is 0. The average molecular weight is 222 g/mol. The predicted molar refractivity (Wildman–Crippen MR) is 64.2 cm³/mol. The molecule has 2 atom stereocenters. The zero-order valence-corrected chi connectivity index (χ0v) is 9.60. The van der Waals surface area contributed by atoms with Gasteiger partial charge in [-0.2, -0.15) is 0 Å². The number of carbonyl (C=O) groups is 1. The molecule has 1 aromatic rings. The van der Waals surface area contributed by atoms with E-state index in [1.165, 1.54) is 6.07 Å². The number of aromatic hydroxyl groups is 1. The molecule has 4 heteroatoms. The van der Waals surface area contributed by atoms with E-state index in [0.29, 0.717) is 5.69 Å². The standard InChI is InChI=1S/C12H18N2O2/c1-3-8(2)11(13)12(16)14-9-5-4-6-10(15)7-9/h4-8,11,15H,3,13H2,1-2H3,(H,14,16)/t8?,11-/m0/s1. The minimum Gasteiger partial charge on any atom is -0.508 e. The molecular formula is C12H18N2O2. The smallest absolute Gasteiger partial charge is 0.241 e. The molecule has 1 unspecified atom stereocenters. The topological polar surface area (TPSA) is 75.4 Å². The molecule has 0 aliphatic carbocycles. The van der Waals surface area contributed by atoms with Gasteiger partial charge in [0, 0.05) is 11.8 Å². The Balaban J connectivity index is 2.64. The zero-order valence-electron chi connectivity index (χ0n) is 9.60. The second-order valence-corrected chi connectivity index (χ2v) is 3.95. The van der Waals surface area contributed by atoms with E-state index in [2.05, 4.69) is 5.32 Å². The summed E-state index contributed by atoms with van der Waals surface area (Å²) < 4.78 is 0. The van der Waals surface area contributed by atoms with Crippen LogP contribution in [0.2, 0.25) is 0 Å². The molecule has 1 amide bonds. The monoisotopic (exact) mass is 222 g/mol. The van der Waals surface area contributed by atoms with Crippen LogP contribution in [-0.2, 0) is 4.79 Å². The number of phenols is 1. The van der Waals surface area contributed by atoms with Gasteiger partial charge in [0.2, 0.25) is 5.91 Å². The highest BCUT2D eigenvalue weighted by Crippen LogP contribution is 2.16. The van der Waals surface area contributed by atoms with Crippen LogP contribution in [0.25, 0.3) is 0 Å². The molecule has 0 bridgehead atoms. The number of anilines is 1. The molecular weight excluding hydrogens is 204 g/mol. The molecule has 1 aromatic carbocycles. The van der Waals surface area contributed by atoms with Crippen molar-refractivity contribution < 1.29 is 9.90 Å². The highest BCUT2D eigenvalue weighted by Gasteiger charge is 2.19. The maximum atomic E-state index is 11.7. The number of rotatable bonds is 4. The van der Waals surface area contributed by atoms with Gasteiger partial charge in [-0.3, -0.25) is 4.79 Å². The van der Waals surface area contributed by atoms with E-state index in [9.17, 15) is 9.90 Å². The number of amides is 1. The lowest BCUT2D eigenvalue weighted by Crippen LogP contribution is -2.40. The molecule has 0 saturated carbocycles. The van der Waals surface area contributed by atoms with Crippen molar-refractivity contribution in [3.8, 4) is 5.75 Å². The predicted octanol–water partition coefficient (Wildman–Crippen LogP) is 1.70. The molecule has 4 nitrogen and oxygen atoms in total. The van der Waals surface area contributed by atoms with Crippen molar-refractivity contribution in [1.29, 1.82) is 0 Å². The fraction of sp³-hybridized carbons (Fsp3) is 0.417. The largest absolute Gasteiger partial charge is 0.508 e. The Hall–Kier alpha value is -1.55. The first-order valence-corrected chi connectivity index (χ1v) is 5.40. The van der Waals surface area contributed by atoms with E-state index in [1.54, 1.807) is 18.2 Å². The van der Waals surface area contributed by atoms with Gasteiger partial charge in [-0.1, -0.05) is 26.3 Å². The number of phenolic OH excluding ortho intramolecular Hbond substituents is 1. The molecule has 4 N–H and O–H groups in total. The van der Waals surface area contributed by atoms with E-state index in [-0.39, 0.29) is 17.6 Å². The van der Waals surface area contributed by atoms with Crippen molar-refractivity contribution in [2.75, 3.05) is 5.32 Å². The van der Waals surface area contributed by atoms with E-state index in [4.69, 9.17) is 5.73 Å². The van der Waals surface area contributed by atoms with Crippen LogP contribution in [0, 0.1) is 5.92 Å². The molecule has 0 heterocycles. The number of hydrogen-bond donors (Lipinski definition) is 3. The SMILES string of the molecule is CCC(C)[C@H](N)C(=O)Nc1cccc(O)c1. The second-order valence-electron chi connectivity index (χ2n) is 3.95. The molecule has 16 heavy (non-hydrogen) atoms. The van der Waals surface area contributed by atoms with Gasteiger partial charge in [0.15, 0.2) is 0 Å². The van der Waals surface area contributed by atoms with Crippen molar-refractivity contribution in [2.24, 2.45) is 11.7 Å². The normalized spacial score (nSPS) is 14.2. The maximum absolute atomic E-state index is 11.7. The Bertz CT molecular complexity index is 366. The highest BCUT2D eigenvalue weighted by atomic mass is 16.3. The van der Waals surface area contributed by atoms with Gasteiger partial charge in [-0.25, -0.2) is 0 Å². The minimum atomic E-state index is -0.521. The summed E-state index contributed by atoms with van der Waals surface area (Å²) in [6.07, 6.45) is 0.856. The Morgan fingerprint density at radius 2 is 2.25 bits per heavy atom. The molecule has 0 saturated heterocycles. The summed E-state index contributed by atoms with van der Waals surface area (Å²) in [7, 11) is 0. The number of nitrogens with two attached hydrogens (primary N) is 1. The lowest BCUT2D eigenvalue weighted by Gasteiger charge is -2.17. The van der Waals surface area contributed by atoms with Gasteiger partial charge in [-0.15, -0.1) is 0 Å². The summed E-state index contributed by atoms with van der Waals surface area (Å²) in [5.74, 6) is 0.0344. The van der Waals surface area contributed by atoms with Crippen LogP contribution in [0.15, 0.2) is 24.3 Å². The van der Waals surface area contributed by atoms with Crippen molar-refractivity contribution in [3.63, 3.8) is 0 Å². The highest BCUT2D eigenvalue weighted by molar-refractivity contribution is 5.94. The third kappa shape index (κ3) is 3.24. The average Bonchev–Trinajstić information content (AvgIpc) is 2.27. The Labute approximate surface area is 95.5 Å². The van der Waals surface area contributed by atoms with Gasteiger partial charge >= 0.3 is 0 Å². The van der Waals surface area contributed by atoms with Crippen molar-refractivity contribution in [1.82, 2.24) is 0 Å². The molecule has 0 radical (unpaired) electrons. The van der Waals surface area contributed by atoms with Gasteiger partial charge < -0.3 is 16.2 Å². The van der Waals surface area contributed by atoms with Gasteiger partial charge in [-0.05, 0) is 18.1 Å². The summed E-state index contributed by atoms with van der Waals surface area (Å²) in [5, 5.41) is 11.9. The zero-order chi connectivity index (χ0) is 12.1. The van der Waals surface area contributed by atoms with Gasteiger partial charge in [0.05, 0.1) is 6.04 Å². The molecule has 0 fully saturated rings. The summed E-state index contributed by atoms with van der Waals surface area (Å²) in [5.41, 5.74) is 6.34. The van der Waals surface area contributed by atoms with Crippen LogP contribution < -0.4 is 11.1 Å². The molecule has 0 aliphatic rings. The number of hydrogen-bond acceptors (Lipinski definition) is 3. The van der Waals surface area contributed by atoms with E-state index < -0.39 is 6.04 Å². The van der Waals surface area contributed by atoms with Crippen molar-refractivity contribution >= 4 is 11.6 Å². The second kappa shape index (κ2) is 5.51. The van der Waals surface area contributed by atoms with Crippen LogP contribution >= 0.6 is 0 Å². The van der Waals surface area contributed by atoms with Gasteiger partial charge in [0.1, 0.15) is 5.75 Å². The van der Waals surface area contributed by atoms with Crippen LogP contribution in [0.5, 0.6) is 5.75 Å². The quantitative estimate of drug-likeness (QED) is 0.725. The van der Waals surface area contributed by atoms with Crippen LogP contribution in [0.1, 0.15) is 20.3 Å². The first kappa shape index (κ1) is 12.5. The molecule has 0 spiro atoms. The fourth-order valence-electron chi connectivity index (χ4n) is 1.32. The van der Waals surface area contributed by atoms with Crippen molar-refractivity contribution in [2.45, 2.75) is 26.3 Å².